The number of hydrogen-bond donors (Lipinski definition) is 3. The van der Waals surface area contributed by atoms with Gasteiger partial charge in [0.25, 0.3) is 0 Å². The molecule has 0 aromatic rings. The average molecular weight is 228 g/mol. The number of carbonyl (C=O) groups excluding carboxylic acids is 1. The van der Waals surface area contributed by atoms with Crippen LogP contribution in [-0.2, 0) is 0 Å². The Morgan fingerprint density at radius 1 is 1.25 bits per heavy atom. The summed E-state index contributed by atoms with van der Waals surface area (Å²) < 4.78 is 0. The van der Waals surface area contributed by atoms with E-state index in [0.29, 0.717) is 6.04 Å². The van der Waals surface area contributed by atoms with Crippen molar-refractivity contribution in [3.05, 3.63) is 0 Å². The highest BCUT2D eigenvalue weighted by Gasteiger charge is 2.14. The predicted octanol–water partition coefficient (Wildman–Crippen LogP) is 1.78. The summed E-state index contributed by atoms with van der Waals surface area (Å²) in [4.78, 5) is 11.5. The average Bonchev–Trinajstić information content (AvgIpc) is 2.21. The molecule has 1 atom stereocenters. The molecule has 0 aromatic heterocycles. The standard InChI is InChI=1S/C12H24N2O2/c1-10(9-15)13-12(16)14-11-7-5-3-2-4-6-8-11/h10-11,15H,2-9H2,1H3,(H2,13,14,16)/t10-/m0/s1. The molecule has 0 unspecified atom stereocenters. The Balaban J connectivity index is 2.25. The molecule has 0 radical (unpaired) electrons. The summed E-state index contributed by atoms with van der Waals surface area (Å²) in [6.07, 6.45) is 8.49. The first kappa shape index (κ1) is 13.3. The zero-order valence-electron chi connectivity index (χ0n) is 10.2. The molecular weight excluding hydrogens is 204 g/mol. The molecule has 1 aliphatic rings. The Kier molecular flexibility index (Phi) is 6.23. The summed E-state index contributed by atoms with van der Waals surface area (Å²) >= 11 is 0. The summed E-state index contributed by atoms with van der Waals surface area (Å²) in [5, 5.41) is 14.5. The second-order valence-electron chi connectivity index (χ2n) is 4.74. The van der Waals surface area contributed by atoms with Crippen molar-refractivity contribution < 1.29 is 9.90 Å². The molecule has 0 heterocycles. The van der Waals surface area contributed by atoms with Gasteiger partial charge in [-0.1, -0.05) is 32.1 Å². The van der Waals surface area contributed by atoms with Crippen LogP contribution in [0.3, 0.4) is 0 Å². The van der Waals surface area contributed by atoms with Crippen molar-refractivity contribution in [3.8, 4) is 0 Å². The normalized spacial score (nSPS) is 20.6. The van der Waals surface area contributed by atoms with Crippen LogP contribution in [-0.4, -0.2) is 29.8 Å². The van der Waals surface area contributed by atoms with Gasteiger partial charge in [-0.3, -0.25) is 0 Å². The van der Waals surface area contributed by atoms with Crippen molar-refractivity contribution in [1.82, 2.24) is 10.6 Å². The molecule has 1 saturated carbocycles. The van der Waals surface area contributed by atoms with Crippen LogP contribution in [0.25, 0.3) is 0 Å². The summed E-state index contributed by atoms with van der Waals surface area (Å²) in [5.41, 5.74) is 0. The van der Waals surface area contributed by atoms with E-state index in [-0.39, 0.29) is 18.7 Å². The van der Waals surface area contributed by atoms with Gasteiger partial charge in [0.1, 0.15) is 0 Å². The van der Waals surface area contributed by atoms with Gasteiger partial charge in [0.2, 0.25) is 0 Å². The molecular formula is C12H24N2O2. The first-order valence-electron chi connectivity index (χ1n) is 6.40. The molecule has 4 nitrogen and oxygen atoms in total. The summed E-state index contributed by atoms with van der Waals surface area (Å²) in [6.45, 7) is 1.77. The molecule has 0 bridgehead atoms. The maximum atomic E-state index is 11.5. The predicted molar refractivity (Wildman–Crippen MR) is 64.3 cm³/mol. The molecule has 0 aromatic carbocycles. The van der Waals surface area contributed by atoms with Crippen molar-refractivity contribution in [2.45, 2.75) is 64.0 Å². The molecule has 16 heavy (non-hydrogen) atoms. The molecule has 0 spiro atoms. The van der Waals surface area contributed by atoms with Crippen LogP contribution in [0.2, 0.25) is 0 Å². The number of carbonyl (C=O) groups is 1. The second kappa shape index (κ2) is 7.49. The van der Waals surface area contributed by atoms with E-state index < -0.39 is 0 Å². The van der Waals surface area contributed by atoms with Crippen LogP contribution < -0.4 is 10.6 Å². The number of aliphatic hydroxyl groups is 1. The highest BCUT2D eigenvalue weighted by Crippen LogP contribution is 2.16. The number of aliphatic hydroxyl groups excluding tert-OH is 1. The molecule has 4 heteroatoms. The topological polar surface area (TPSA) is 61.4 Å². The maximum absolute atomic E-state index is 11.5. The smallest absolute Gasteiger partial charge is 0.315 e. The lowest BCUT2D eigenvalue weighted by Crippen LogP contribution is -2.46. The van der Waals surface area contributed by atoms with E-state index in [1.54, 1.807) is 6.92 Å². The number of amides is 2. The van der Waals surface area contributed by atoms with Gasteiger partial charge in [-0.15, -0.1) is 0 Å². The minimum atomic E-state index is -0.173. The van der Waals surface area contributed by atoms with Crippen molar-refractivity contribution >= 4 is 6.03 Å². The largest absolute Gasteiger partial charge is 0.394 e. The number of hydrogen-bond acceptors (Lipinski definition) is 2. The van der Waals surface area contributed by atoms with Gasteiger partial charge < -0.3 is 15.7 Å². The molecule has 2 amide bonds. The Hall–Kier alpha value is -0.770. The van der Waals surface area contributed by atoms with Gasteiger partial charge in [-0.25, -0.2) is 4.79 Å². The zero-order valence-corrected chi connectivity index (χ0v) is 10.2. The quantitative estimate of drug-likeness (QED) is 0.689. The lowest BCUT2D eigenvalue weighted by atomic mass is 9.97. The Morgan fingerprint density at radius 2 is 1.81 bits per heavy atom. The third-order valence-corrected chi connectivity index (χ3v) is 3.09. The monoisotopic (exact) mass is 228 g/mol. The molecule has 0 aliphatic heterocycles. The van der Waals surface area contributed by atoms with Crippen LogP contribution in [0.1, 0.15) is 51.9 Å². The highest BCUT2D eigenvalue weighted by molar-refractivity contribution is 5.74. The zero-order chi connectivity index (χ0) is 11.8. The molecule has 1 fully saturated rings. The molecule has 0 saturated heterocycles. The van der Waals surface area contributed by atoms with Crippen molar-refractivity contribution in [2.75, 3.05) is 6.61 Å². The molecule has 1 rings (SSSR count). The first-order chi connectivity index (χ1) is 7.72. The summed E-state index contributed by atoms with van der Waals surface area (Å²) in [5.74, 6) is 0. The van der Waals surface area contributed by atoms with Crippen LogP contribution in [0.5, 0.6) is 0 Å². The summed E-state index contributed by atoms with van der Waals surface area (Å²) in [7, 11) is 0. The van der Waals surface area contributed by atoms with E-state index in [1.165, 1.54) is 32.1 Å². The van der Waals surface area contributed by atoms with Crippen LogP contribution in [0.15, 0.2) is 0 Å². The third kappa shape index (κ3) is 5.35. The minimum Gasteiger partial charge on any atom is -0.394 e. The lowest BCUT2D eigenvalue weighted by molar-refractivity contribution is 0.215. The maximum Gasteiger partial charge on any atom is 0.315 e. The lowest BCUT2D eigenvalue weighted by Gasteiger charge is -2.22. The van der Waals surface area contributed by atoms with Gasteiger partial charge in [-0.05, 0) is 19.8 Å². The Bertz CT molecular complexity index is 201. The SMILES string of the molecule is C[C@@H](CO)NC(=O)NC1CCCCCCC1. The van der Waals surface area contributed by atoms with Gasteiger partial charge >= 0.3 is 6.03 Å². The number of rotatable bonds is 3. The number of nitrogens with one attached hydrogen (secondary N) is 2. The summed E-state index contributed by atoms with van der Waals surface area (Å²) in [6, 6.07) is -0.00753. The van der Waals surface area contributed by atoms with Gasteiger partial charge in [-0.2, -0.15) is 0 Å². The molecule has 3 N–H and O–H groups in total. The van der Waals surface area contributed by atoms with Crippen LogP contribution in [0.4, 0.5) is 4.79 Å². The fourth-order valence-corrected chi connectivity index (χ4v) is 2.10. The van der Waals surface area contributed by atoms with E-state index in [0.717, 1.165) is 12.8 Å². The van der Waals surface area contributed by atoms with Crippen molar-refractivity contribution in [2.24, 2.45) is 0 Å². The van der Waals surface area contributed by atoms with Crippen LogP contribution in [0, 0.1) is 0 Å². The Labute approximate surface area is 97.8 Å². The fraction of sp³-hybridized carbons (Fsp3) is 0.917. The van der Waals surface area contributed by atoms with E-state index in [1.807, 2.05) is 0 Å². The first-order valence-corrected chi connectivity index (χ1v) is 6.40. The fourth-order valence-electron chi connectivity index (χ4n) is 2.10. The molecule has 1 aliphatic carbocycles. The third-order valence-electron chi connectivity index (χ3n) is 3.09. The van der Waals surface area contributed by atoms with Crippen LogP contribution >= 0.6 is 0 Å². The highest BCUT2D eigenvalue weighted by atomic mass is 16.3. The Morgan fingerprint density at radius 3 is 2.38 bits per heavy atom. The second-order valence-corrected chi connectivity index (χ2v) is 4.74. The van der Waals surface area contributed by atoms with Crippen molar-refractivity contribution in [3.63, 3.8) is 0 Å². The van der Waals surface area contributed by atoms with Gasteiger partial charge in [0.05, 0.1) is 12.6 Å². The van der Waals surface area contributed by atoms with E-state index in [4.69, 9.17) is 5.11 Å². The van der Waals surface area contributed by atoms with Gasteiger partial charge in [0, 0.05) is 6.04 Å². The van der Waals surface area contributed by atoms with E-state index in [9.17, 15) is 4.79 Å². The van der Waals surface area contributed by atoms with E-state index >= 15 is 0 Å². The minimum absolute atomic E-state index is 0.0158. The van der Waals surface area contributed by atoms with E-state index in [2.05, 4.69) is 10.6 Å². The van der Waals surface area contributed by atoms with Crippen molar-refractivity contribution in [1.29, 1.82) is 0 Å². The molecule has 94 valence electrons. The number of urea groups is 1. The van der Waals surface area contributed by atoms with Gasteiger partial charge in [0.15, 0.2) is 0 Å².